The van der Waals surface area contributed by atoms with E-state index in [2.05, 4.69) is 87.0 Å². The van der Waals surface area contributed by atoms with E-state index in [4.69, 9.17) is 19.3 Å². The van der Waals surface area contributed by atoms with Gasteiger partial charge in [-0.15, -0.1) is 5.10 Å². The molecular formula is C36H42N2O3. The minimum absolute atomic E-state index is 0.0171. The highest BCUT2D eigenvalue weighted by Crippen LogP contribution is 2.32. The Morgan fingerprint density at radius 1 is 0.829 bits per heavy atom. The van der Waals surface area contributed by atoms with Crippen LogP contribution in [-0.4, -0.2) is 22.5 Å². The van der Waals surface area contributed by atoms with Crippen LogP contribution in [0.3, 0.4) is 0 Å². The molecule has 1 aliphatic rings. The van der Waals surface area contributed by atoms with Crippen molar-refractivity contribution in [2.45, 2.75) is 72.3 Å². The first-order valence-electron chi connectivity index (χ1n) is 14.8. The third-order valence-electron chi connectivity index (χ3n) is 7.61. The molecule has 0 N–H and O–H groups in total. The van der Waals surface area contributed by atoms with Crippen molar-refractivity contribution in [1.82, 2.24) is 9.78 Å². The van der Waals surface area contributed by atoms with Gasteiger partial charge in [0, 0.05) is 23.7 Å². The van der Waals surface area contributed by atoms with E-state index >= 15 is 0 Å². The topological polar surface area (TPSA) is 45.5 Å². The SMILES string of the molecule is Cc1c(Cc2ccc(OCc3ccccc3)cc2)c(OC2C=C(COCc3ccccc3)C[C@H](C)C2)nn1C(C)C. The van der Waals surface area contributed by atoms with Crippen LogP contribution in [-0.2, 0) is 24.4 Å². The maximum absolute atomic E-state index is 6.66. The molecule has 0 bridgehead atoms. The second-order valence-corrected chi connectivity index (χ2v) is 11.5. The van der Waals surface area contributed by atoms with Crippen molar-refractivity contribution in [3.05, 3.63) is 125 Å². The van der Waals surface area contributed by atoms with Gasteiger partial charge in [0.25, 0.3) is 0 Å². The van der Waals surface area contributed by atoms with Gasteiger partial charge in [0.05, 0.1) is 13.2 Å². The molecule has 1 heterocycles. The summed E-state index contributed by atoms with van der Waals surface area (Å²) in [7, 11) is 0. The lowest BCUT2D eigenvalue weighted by Gasteiger charge is -2.26. The summed E-state index contributed by atoms with van der Waals surface area (Å²) in [5.74, 6) is 2.13. The summed E-state index contributed by atoms with van der Waals surface area (Å²) in [5.41, 5.74) is 7.16. The molecule has 2 atom stereocenters. The second-order valence-electron chi connectivity index (χ2n) is 11.5. The molecule has 1 aromatic heterocycles. The third-order valence-corrected chi connectivity index (χ3v) is 7.61. The van der Waals surface area contributed by atoms with Crippen LogP contribution >= 0.6 is 0 Å². The summed E-state index contributed by atoms with van der Waals surface area (Å²) in [6.45, 7) is 10.6. The van der Waals surface area contributed by atoms with E-state index < -0.39 is 0 Å². The van der Waals surface area contributed by atoms with E-state index in [9.17, 15) is 0 Å². The number of aromatic nitrogens is 2. The summed E-state index contributed by atoms with van der Waals surface area (Å²) < 4.78 is 20.8. The minimum atomic E-state index is -0.0171. The summed E-state index contributed by atoms with van der Waals surface area (Å²) in [6, 6.07) is 29.2. The van der Waals surface area contributed by atoms with E-state index in [1.54, 1.807) is 0 Å². The van der Waals surface area contributed by atoms with Crippen LogP contribution in [0.25, 0.3) is 0 Å². The van der Waals surface area contributed by atoms with Crippen LogP contribution < -0.4 is 9.47 Å². The summed E-state index contributed by atoms with van der Waals surface area (Å²) in [6.07, 6.45) is 5.02. The standard InChI is InChI=1S/C36H42N2O3/c1-26(2)38-28(4)35(22-29-15-17-33(18-16-29)40-25-31-13-9-6-10-14-31)36(37-38)41-34-20-27(3)19-32(21-34)24-39-23-30-11-7-5-8-12-30/h5-18,21,26-27,34H,19-20,22-25H2,1-4H3/t27-,34?/m0/s1. The van der Waals surface area contributed by atoms with Gasteiger partial charge in [-0.3, -0.25) is 4.68 Å². The first kappa shape index (κ1) is 28.7. The highest BCUT2D eigenvalue weighted by Gasteiger charge is 2.25. The number of hydrogen-bond donors (Lipinski definition) is 0. The van der Waals surface area contributed by atoms with Crippen molar-refractivity contribution in [3.63, 3.8) is 0 Å². The van der Waals surface area contributed by atoms with Gasteiger partial charge in [-0.25, -0.2) is 0 Å². The first-order valence-corrected chi connectivity index (χ1v) is 14.8. The van der Waals surface area contributed by atoms with Gasteiger partial charge in [0.15, 0.2) is 0 Å². The quantitative estimate of drug-likeness (QED) is 0.167. The van der Waals surface area contributed by atoms with E-state index in [0.29, 0.717) is 25.7 Å². The van der Waals surface area contributed by atoms with Crippen molar-refractivity contribution in [3.8, 4) is 11.6 Å². The van der Waals surface area contributed by atoms with Gasteiger partial charge in [0.1, 0.15) is 18.5 Å². The molecule has 5 heteroatoms. The lowest BCUT2D eigenvalue weighted by molar-refractivity contribution is 0.130. The van der Waals surface area contributed by atoms with Gasteiger partial charge in [-0.05, 0) is 80.0 Å². The zero-order valence-electron chi connectivity index (χ0n) is 24.8. The van der Waals surface area contributed by atoms with Crippen molar-refractivity contribution in [1.29, 1.82) is 0 Å². The Hall–Kier alpha value is -3.83. The monoisotopic (exact) mass is 550 g/mol. The van der Waals surface area contributed by atoms with E-state index in [1.165, 1.54) is 16.7 Å². The lowest BCUT2D eigenvalue weighted by atomic mass is 9.89. The lowest BCUT2D eigenvalue weighted by Crippen LogP contribution is -2.24. The van der Waals surface area contributed by atoms with Gasteiger partial charge < -0.3 is 14.2 Å². The second kappa shape index (κ2) is 13.7. The first-order chi connectivity index (χ1) is 19.9. The van der Waals surface area contributed by atoms with Crippen molar-refractivity contribution in [2.24, 2.45) is 5.92 Å². The number of rotatable bonds is 12. The predicted octanol–water partition coefficient (Wildman–Crippen LogP) is 8.26. The molecule has 0 saturated heterocycles. The normalized spacial score (nSPS) is 17.0. The Balaban J connectivity index is 1.26. The molecule has 0 saturated carbocycles. The van der Waals surface area contributed by atoms with Gasteiger partial charge in [0.2, 0.25) is 5.88 Å². The molecule has 0 radical (unpaired) electrons. The maximum Gasteiger partial charge on any atom is 0.237 e. The average Bonchev–Trinajstić information content (AvgIpc) is 3.28. The predicted molar refractivity (Wildman–Crippen MR) is 164 cm³/mol. The van der Waals surface area contributed by atoms with Crippen molar-refractivity contribution in [2.75, 3.05) is 6.61 Å². The molecule has 1 aliphatic carbocycles. The van der Waals surface area contributed by atoms with Crippen LogP contribution in [0, 0.1) is 12.8 Å². The highest BCUT2D eigenvalue weighted by molar-refractivity contribution is 5.39. The zero-order chi connectivity index (χ0) is 28.6. The van der Waals surface area contributed by atoms with Crippen LogP contribution in [0.1, 0.15) is 67.6 Å². The fourth-order valence-corrected chi connectivity index (χ4v) is 5.51. The molecule has 1 unspecified atom stereocenters. The molecule has 214 valence electrons. The largest absolute Gasteiger partial charge is 0.489 e. The molecule has 3 aromatic carbocycles. The molecule has 4 aromatic rings. The smallest absolute Gasteiger partial charge is 0.237 e. The van der Waals surface area contributed by atoms with Crippen LogP contribution in [0.15, 0.2) is 96.6 Å². The van der Waals surface area contributed by atoms with Crippen molar-refractivity contribution >= 4 is 0 Å². The van der Waals surface area contributed by atoms with Crippen LogP contribution in [0.4, 0.5) is 0 Å². The zero-order valence-corrected chi connectivity index (χ0v) is 24.8. The molecule has 5 nitrogen and oxygen atoms in total. The van der Waals surface area contributed by atoms with E-state index in [-0.39, 0.29) is 12.1 Å². The Morgan fingerprint density at radius 3 is 2.15 bits per heavy atom. The minimum Gasteiger partial charge on any atom is -0.489 e. The number of ether oxygens (including phenoxy) is 3. The highest BCUT2D eigenvalue weighted by atomic mass is 16.5. The molecule has 0 amide bonds. The molecule has 41 heavy (non-hydrogen) atoms. The number of nitrogens with zero attached hydrogens (tertiary/aromatic N) is 2. The number of hydrogen-bond acceptors (Lipinski definition) is 4. The van der Waals surface area contributed by atoms with Crippen LogP contribution in [0.5, 0.6) is 11.6 Å². The molecular weight excluding hydrogens is 508 g/mol. The van der Waals surface area contributed by atoms with Gasteiger partial charge in [-0.2, -0.15) is 0 Å². The van der Waals surface area contributed by atoms with Gasteiger partial charge in [-0.1, -0.05) is 79.7 Å². The molecule has 0 spiro atoms. The molecule has 5 rings (SSSR count). The Bertz CT molecular complexity index is 1410. The van der Waals surface area contributed by atoms with E-state index in [1.807, 2.05) is 36.4 Å². The van der Waals surface area contributed by atoms with Crippen LogP contribution in [0.2, 0.25) is 0 Å². The molecule has 0 aliphatic heterocycles. The summed E-state index contributed by atoms with van der Waals surface area (Å²) >= 11 is 0. The molecule has 0 fully saturated rings. The Labute approximate surface area is 244 Å². The van der Waals surface area contributed by atoms with E-state index in [0.717, 1.165) is 47.7 Å². The third kappa shape index (κ3) is 7.89. The Morgan fingerprint density at radius 2 is 1.49 bits per heavy atom. The van der Waals surface area contributed by atoms with Crippen molar-refractivity contribution < 1.29 is 14.2 Å². The summed E-state index contributed by atoms with van der Waals surface area (Å²) in [5, 5.41) is 4.94. The Kier molecular flexibility index (Phi) is 9.58. The van der Waals surface area contributed by atoms with Gasteiger partial charge >= 0.3 is 0 Å². The fraction of sp³-hybridized carbons (Fsp3) is 0.361. The number of benzene rings is 3. The summed E-state index contributed by atoms with van der Waals surface area (Å²) in [4.78, 5) is 0. The maximum atomic E-state index is 6.66. The average molecular weight is 551 g/mol. The fourth-order valence-electron chi connectivity index (χ4n) is 5.51.